The first kappa shape index (κ1) is 20.5. The third kappa shape index (κ3) is 6.44. The zero-order chi connectivity index (χ0) is 19.4. The average molecular weight is 360 g/mol. The van der Waals surface area contributed by atoms with Gasteiger partial charge in [-0.3, -0.25) is 9.59 Å². The van der Waals surface area contributed by atoms with Crippen molar-refractivity contribution in [3.05, 3.63) is 29.3 Å². The Morgan fingerprint density at radius 3 is 2.20 bits per heavy atom. The van der Waals surface area contributed by atoms with Crippen LogP contribution in [0.25, 0.3) is 0 Å². The van der Waals surface area contributed by atoms with Gasteiger partial charge in [0.15, 0.2) is 0 Å². The summed E-state index contributed by atoms with van der Waals surface area (Å²) in [4.78, 5) is 34.5. The van der Waals surface area contributed by atoms with Crippen molar-refractivity contribution in [3.63, 3.8) is 0 Å². The van der Waals surface area contributed by atoms with Gasteiger partial charge < -0.3 is 15.7 Å². The van der Waals surface area contributed by atoms with E-state index in [0.29, 0.717) is 12.1 Å². The van der Waals surface area contributed by atoms with Gasteiger partial charge in [0.05, 0.1) is 5.56 Å². The Kier molecular flexibility index (Phi) is 6.55. The maximum Gasteiger partial charge on any atom is 0.416 e. The molecule has 0 aliphatic rings. The van der Waals surface area contributed by atoms with Gasteiger partial charge >= 0.3 is 12.1 Å². The number of hydrogen-bond acceptors (Lipinski definition) is 3. The smallest absolute Gasteiger partial charge is 0.416 e. The lowest BCUT2D eigenvalue weighted by atomic mass is 10.0. The van der Waals surface area contributed by atoms with E-state index in [4.69, 9.17) is 5.11 Å². The number of hydrogen-bond donors (Lipinski definition) is 3. The molecule has 0 spiro atoms. The molecule has 0 saturated carbocycles. The van der Waals surface area contributed by atoms with Crippen LogP contribution in [0.2, 0.25) is 0 Å². The van der Waals surface area contributed by atoms with Crippen molar-refractivity contribution in [2.75, 3.05) is 5.32 Å². The Balaban J connectivity index is 3.18. The van der Waals surface area contributed by atoms with E-state index in [0.717, 1.165) is 13.0 Å². The van der Waals surface area contributed by atoms with Crippen molar-refractivity contribution >= 4 is 23.5 Å². The highest BCUT2D eigenvalue weighted by molar-refractivity contribution is 5.98. The van der Waals surface area contributed by atoms with Crippen LogP contribution in [0.4, 0.5) is 18.9 Å². The van der Waals surface area contributed by atoms with Gasteiger partial charge in [-0.15, -0.1) is 0 Å². The lowest BCUT2D eigenvalue weighted by Crippen LogP contribution is -2.41. The number of rotatable bonds is 6. The summed E-state index contributed by atoms with van der Waals surface area (Å²) in [6.07, 6.45) is -4.60. The molecule has 1 rings (SSSR count). The van der Waals surface area contributed by atoms with Gasteiger partial charge in [-0.1, -0.05) is 13.8 Å². The maximum atomic E-state index is 13.0. The number of anilines is 1. The highest BCUT2D eigenvalue weighted by Gasteiger charge is 2.32. The second kappa shape index (κ2) is 8.00. The zero-order valence-corrected chi connectivity index (χ0v) is 13.9. The summed E-state index contributed by atoms with van der Waals surface area (Å²) in [6.45, 7) is 4.62. The molecule has 0 radical (unpaired) electrons. The number of carbonyl (C=O) groups is 3. The predicted molar refractivity (Wildman–Crippen MR) is 84.1 cm³/mol. The Hall–Kier alpha value is -2.58. The molecule has 9 heteroatoms. The van der Waals surface area contributed by atoms with Crippen LogP contribution in [0.3, 0.4) is 0 Å². The van der Waals surface area contributed by atoms with Crippen molar-refractivity contribution in [3.8, 4) is 0 Å². The van der Waals surface area contributed by atoms with E-state index in [1.807, 2.05) is 0 Å². The number of carboxylic acids is 1. The standard InChI is InChI=1S/C16H19F3N2O4/c1-8(2)4-13(15(24)25)21-14(23)10-5-11(16(17,18)19)7-12(6-10)20-9(3)22/h5-8,13H,4H2,1-3H3,(H,20,22)(H,21,23)(H,24,25)/t13-/m1/s1. The lowest BCUT2D eigenvalue weighted by Gasteiger charge is -2.17. The Labute approximate surface area is 142 Å². The summed E-state index contributed by atoms with van der Waals surface area (Å²) in [5.74, 6) is -2.89. The predicted octanol–water partition coefficient (Wildman–Crippen LogP) is 2.89. The molecular weight excluding hydrogens is 341 g/mol. The summed E-state index contributed by atoms with van der Waals surface area (Å²) < 4.78 is 38.9. The summed E-state index contributed by atoms with van der Waals surface area (Å²) in [7, 11) is 0. The first-order valence-electron chi connectivity index (χ1n) is 7.43. The molecule has 6 nitrogen and oxygen atoms in total. The summed E-state index contributed by atoms with van der Waals surface area (Å²) in [6, 6.07) is 1.13. The van der Waals surface area contributed by atoms with Gasteiger partial charge in [0.1, 0.15) is 6.04 Å². The third-order valence-electron chi connectivity index (χ3n) is 3.15. The number of aliphatic carboxylic acids is 1. The second-order valence-corrected chi connectivity index (χ2v) is 5.97. The molecule has 2 amide bonds. The van der Waals surface area contributed by atoms with Gasteiger partial charge in [0, 0.05) is 18.2 Å². The molecule has 3 N–H and O–H groups in total. The number of halogens is 3. The first-order valence-corrected chi connectivity index (χ1v) is 7.43. The van der Waals surface area contributed by atoms with Crippen LogP contribution in [0.15, 0.2) is 18.2 Å². The number of amides is 2. The molecule has 1 atom stereocenters. The van der Waals surface area contributed by atoms with Crippen LogP contribution in [0.5, 0.6) is 0 Å². The third-order valence-corrected chi connectivity index (χ3v) is 3.15. The highest BCUT2D eigenvalue weighted by Crippen LogP contribution is 2.32. The van der Waals surface area contributed by atoms with Crippen molar-refractivity contribution in [2.24, 2.45) is 5.92 Å². The second-order valence-electron chi connectivity index (χ2n) is 5.97. The molecule has 1 aromatic carbocycles. The largest absolute Gasteiger partial charge is 0.480 e. The van der Waals surface area contributed by atoms with E-state index in [1.54, 1.807) is 13.8 Å². The quantitative estimate of drug-likeness (QED) is 0.727. The monoisotopic (exact) mass is 360 g/mol. The van der Waals surface area contributed by atoms with Crippen molar-refractivity contribution in [1.82, 2.24) is 5.32 Å². The lowest BCUT2D eigenvalue weighted by molar-refractivity contribution is -0.140. The summed E-state index contributed by atoms with van der Waals surface area (Å²) >= 11 is 0. The minimum atomic E-state index is -4.73. The van der Waals surface area contributed by atoms with Crippen LogP contribution in [0.1, 0.15) is 43.1 Å². The fourth-order valence-corrected chi connectivity index (χ4v) is 2.13. The molecule has 1 aromatic rings. The van der Waals surface area contributed by atoms with E-state index < -0.39 is 41.1 Å². The minimum Gasteiger partial charge on any atom is -0.480 e. The van der Waals surface area contributed by atoms with Gasteiger partial charge in [-0.05, 0) is 30.5 Å². The maximum absolute atomic E-state index is 13.0. The number of carboxylic acid groups (broad SMARTS) is 1. The van der Waals surface area contributed by atoms with Crippen LogP contribution in [-0.4, -0.2) is 28.9 Å². The normalized spacial score (nSPS) is 12.6. The number of benzene rings is 1. The fraction of sp³-hybridized carbons (Fsp3) is 0.438. The molecule has 0 unspecified atom stereocenters. The van der Waals surface area contributed by atoms with Gasteiger partial charge in [-0.25, -0.2) is 4.79 Å². The Bertz CT molecular complexity index is 672. The molecule has 0 bridgehead atoms. The van der Waals surface area contributed by atoms with Crippen LogP contribution < -0.4 is 10.6 Å². The molecule has 138 valence electrons. The van der Waals surface area contributed by atoms with Crippen LogP contribution in [0, 0.1) is 5.92 Å². The summed E-state index contributed by atoms with van der Waals surface area (Å²) in [5, 5.41) is 13.5. The zero-order valence-electron chi connectivity index (χ0n) is 13.9. The fourth-order valence-electron chi connectivity index (χ4n) is 2.13. The Morgan fingerprint density at radius 1 is 1.16 bits per heavy atom. The van der Waals surface area contributed by atoms with E-state index >= 15 is 0 Å². The van der Waals surface area contributed by atoms with Gasteiger partial charge in [0.25, 0.3) is 5.91 Å². The van der Waals surface area contributed by atoms with Gasteiger partial charge in [0.2, 0.25) is 5.91 Å². The van der Waals surface area contributed by atoms with Crippen molar-refractivity contribution in [1.29, 1.82) is 0 Å². The number of alkyl halides is 3. The molecule has 0 heterocycles. The van der Waals surface area contributed by atoms with Crippen LogP contribution >= 0.6 is 0 Å². The molecule has 0 fully saturated rings. The van der Waals surface area contributed by atoms with E-state index in [1.165, 1.54) is 0 Å². The average Bonchev–Trinajstić information content (AvgIpc) is 2.43. The van der Waals surface area contributed by atoms with E-state index in [2.05, 4.69) is 10.6 Å². The molecule has 0 aliphatic carbocycles. The first-order chi connectivity index (χ1) is 11.4. The van der Waals surface area contributed by atoms with Crippen molar-refractivity contribution < 1.29 is 32.7 Å². The van der Waals surface area contributed by atoms with E-state index in [9.17, 15) is 27.6 Å². The SMILES string of the molecule is CC(=O)Nc1cc(C(=O)N[C@H](CC(C)C)C(=O)O)cc(C(F)(F)F)c1. The molecule has 25 heavy (non-hydrogen) atoms. The molecule has 0 aliphatic heterocycles. The number of nitrogens with one attached hydrogen (secondary N) is 2. The molecule has 0 aromatic heterocycles. The highest BCUT2D eigenvalue weighted by atomic mass is 19.4. The van der Waals surface area contributed by atoms with E-state index in [-0.39, 0.29) is 18.0 Å². The molecule has 0 saturated heterocycles. The van der Waals surface area contributed by atoms with Gasteiger partial charge in [-0.2, -0.15) is 13.2 Å². The number of carbonyl (C=O) groups excluding carboxylic acids is 2. The minimum absolute atomic E-state index is 0.0437. The Morgan fingerprint density at radius 2 is 1.76 bits per heavy atom. The molecular formula is C16H19F3N2O4. The van der Waals surface area contributed by atoms with Crippen LogP contribution in [-0.2, 0) is 15.8 Å². The topological polar surface area (TPSA) is 95.5 Å². The van der Waals surface area contributed by atoms with Crippen molar-refractivity contribution in [2.45, 2.75) is 39.4 Å². The summed E-state index contributed by atoms with van der Waals surface area (Å²) in [5.41, 5.74) is -1.73.